The molecule has 1 heterocycles. The molecule has 0 aliphatic carbocycles. The average molecular weight is 407 g/mol. The third kappa shape index (κ3) is 7.78. The number of carbonyl (C=O) groups is 2. The highest BCUT2D eigenvalue weighted by Gasteiger charge is 2.40. The highest BCUT2D eigenvalue weighted by Crippen LogP contribution is 2.35. The normalized spacial score (nSPS) is 26.7. The minimum absolute atomic E-state index is 0.164. The fourth-order valence-electron chi connectivity index (χ4n) is 3.45. The Hall–Kier alpha value is -1.92. The summed E-state index contributed by atoms with van der Waals surface area (Å²) < 4.78 is 22.4. The van der Waals surface area contributed by atoms with Crippen molar-refractivity contribution >= 4 is 11.9 Å². The lowest BCUT2D eigenvalue weighted by Crippen LogP contribution is -2.47. The first-order valence-corrected chi connectivity index (χ1v) is 10.5. The largest absolute Gasteiger partial charge is 0.463 e. The summed E-state index contributed by atoms with van der Waals surface area (Å²) in [5.74, 6) is 0.420. The van der Waals surface area contributed by atoms with Gasteiger partial charge >= 0.3 is 11.9 Å². The third-order valence-corrected chi connectivity index (χ3v) is 5.73. The van der Waals surface area contributed by atoms with Crippen LogP contribution in [-0.2, 0) is 35.1 Å². The number of hydrogen-bond acceptors (Lipinski definition) is 6. The molecule has 0 radical (unpaired) electrons. The molecular weight excluding hydrogens is 372 g/mol. The molecule has 2 unspecified atom stereocenters. The predicted octanol–water partition coefficient (Wildman–Crippen LogP) is 4.11. The van der Waals surface area contributed by atoms with Gasteiger partial charge in [-0.05, 0) is 30.2 Å². The van der Waals surface area contributed by atoms with Gasteiger partial charge in [0.2, 0.25) is 0 Å². The Balaban J connectivity index is 1.65. The van der Waals surface area contributed by atoms with Crippen LogP contribution in [-0.4, -0.2) is 37.5 Å². The Labute approximate surface area is 173 Å². The maximum absolute atomic E-state index is 11.9. The number of ether oxygens (including phenoxy) is 4. The molecule has 5 atom stereocenters. The van der Waals surface area contributed by atoms with Gasteiger partial charge in [0.1, 0.15) is 13.2 Å². The van der Waals surface area contributed by atoms with Crippen molar-refractivity contribution in [2.45, 2.75) is 66.0 Å². The third-order valence-electron chi connectivity index (χ3n) is 5.73. The fraction of sp³-hybridized carbons (Fsp3) is 0.652. The highest BCUT2D eigenvalue weighted by atomic mass is 16.7. The Morgan fingerprint density at radius 1 is 0.966 bits per heavy atom. The van der Waals surface area contributed by atoms with Crippen LogP contribution in [0.5, 0.6) is 0 Å². The smallest absolute Gasteiger partial charge is 0.306 e. The molecule has 1 saturated heterocycles. The molecule has 1 aliphatic heterocycles. The monoisotopic (exact) mass is 406 g/mol. The van der Waals surface area contributed by atoms with Crippen molar-refractivity contribution in [3.63, 3.8) is 0 Å². The average Bonchev–Trinajstić information content (AvgIpc) is 2.71. The van der Waals surface area contributed by atoms with E-state index in [9.17, 15) is 9.59 Å². The van der Waals surface area contributed by atoms with Crippen LogP contribution >= 0.6 is 0 Å². The predicted molar refractivity (Wildman–Crippen MR) is 109 cm³/mol. The van der Waals surface area contributed by atoms with Crippen molar-refractivity contribution < 1.29 is 28.5 Å². The standard InChI is InChI=1S/C23H34O6/c1-16-17(2)21(15-27-19(4)24)29-23(18(16)3)26-13-9-8-12-22(25)28-14-20-10-6-5-7-11-20/h5-7,10-11,16-18,21,23H,8-9,12-15H2,1-4H3/t16-,17+,18?,21?,23+/m0/s1. The van der Waals surface area contributed by atoms with E-state index in [1.165, 1.54) is 6.92 Å². The van der Waals surface area contributed by atoms with Gasteiger partial charge in [-0.25, -0.2) is 0 Å². The van der Waals surface area contributed by atoms with Crippen LogP contribution in [0, 0.1) is 17.8 Å². The van der Waals surface area contributed by atoms with Crippen molar-refractivity contribution in [3.8, 4) is 0 Å². The lowest BCUT2D eigenvalue weighted by atomic mass is 9.79. The summed E-state index contributed by atoms with van der Waals surface area (Å²) in [6.45, 7) is 8.89. The van der Waals surface area contributed by atoms with Gasteiger partial charge in [0.15, 0.2) is 6.29 Å². The molecule has 0 spiro atoms. The maximum Gasteiger partial charge on any atom is 0.306 e. The number of esters is 2. The van der Waals surface area contributed by atoms with Gasteiger partial charge in [0.05, 0.1) is 6.10 Å². The van der Waals surface area contributed by atoms with E-state index in [4.69, 9.17) is 18.9 Å². The minimum Gasteiger partial charge on any atom is -0.463 e. The summed E-state index contributed by atoms with van der Waals surface area (Å²) in [7, 11) is 0. The van der Waals surface area contributed by atoms with Crippen LogP contribution < -0.4 is 0 Å². The SMILES string of the molecule is CC(=O)OCC1O[C@@H](OCCCCC(=O)OCc2ccccc2)C(C)[C@@H](C)[C@H]1C. The molecule has 0 bridgehead atoms. The van der Waals surface area contributed by atoms with E-state index in [-0.39, 0.29) is 42.8 Å². The summed E-state index contributed by atoms with van der Waals surface area (Å²) in [4.78, 5) is 23.0. The molecule has 6 nitrogen and oxygen atoms in total. The minimum atomic E-state index is -0.327. The summed E-state index contributed by atoms with van der Waals surface area (Å²) in [5, 5.41) is 0. The van der Waals surface area contributed by atoms with Gasteiger partial charge < -0.3 is 18.9 Å². The number of rotatable bonds is 10. The van der Waals surface area contributed by atoms with Gasteiger partial charge in [-0.15, -0.1) is 0 Å². The van der Waals surface area contributed by atoms with E-state index in [2.05, 4.69) is 20.8 Å². The van der Waals surface area contributed by atoms with Gasteiger partial charge in [-0.1, -0.05) is 51.1 Å². The van der Waals surface area contributed by atoms with Gasteiger partial charge in [0, 0.05) is 25.9 Å². The van der Waals surface area contributed by atoms with E-state index < -0.39 is 0 Å². The molecule has 1 fully saturated rings. The number of hydrogen-bond donors (Lipinski definition) is 0. The first kappa shape index (κ1) is 23.4. The lowest BCUT2D eigenvalue weighted by molar-refractivity contribution is -0.255. The van der Waals surface area contributed by atoms with Crippen LogP contribution in [0.3, 0.4) is 0 Å². The first-order chi connectivity index (χ1) is 13.9. The molecule has 0 N–H and O–H groups in total. The van der Waals surface area contributed by atoms with Crippen molar-refractivity contribution in [2.24, 2.45) is 17.8 Å². The maximum atomic E-state index is 11.9. The Bertz CT molecular complexity index is 632. The van der Waals surface area contributed by atoms with Crippen LogP contribution in [0.15, 0.2) is 30.3 Å². The van der Waals surface area contributed by atoms with Gasteiger partial charge in [-0.3, -0.25) is 9.59 Å². The number of benzene rings is 1. The fourth-order valence-corrected chi connectivity index (χ4v) is 3.45. The Morgan fingerprint density at radius 2 is 1.69 bits per heavy atom. The summed E-state index contributed by atoms with van der Waals surface area (Å²) in [5.41, 5.74) is 0.985. The van der Waals surface area contributed by atoms with Crippen molar-refractivity contribution in [1.29, 1.82) is 0 Å². The molecule has 0 saturated carbocycles. The zero-order valence-corrected chi connectivity index (χ0v) is 18.0. The van der Waals surface area contributed by atoms with Crippen molar-refractivity contribution in [3.05, 3.63) is 35.9 Å². The van der Waals surface area contributed by atoms with E-state index >= 15 is 0 Å². The molecule has 1 aromatic carbocycles. The number of carbonyl (C=O) groups excluding carboxylic acids is 2. The van der Waals surface area contributed by atoms with Crippen LogP contribution in [0.25, 0.3) is 0 Å². The molecule has 29 heavy (non-hydrogen) atoms. The van der Waals surface area contributed by atoms with E-state index in [0.29, 0.717) is 32.0 Å². The van der Waals surface area contributed by atoms with Crippen molar-refractivity contribution in [2.75, 3.05) is 13.2 Å². The molecule has 6 heteroatoms. The first-order valence-electron chi connectivity index (χ1n) is 10.5. The topological polar surface area (TPSA) is 71.1 Å². The second kappa shape index (κ2) is 11.9. The van der Waals surface area contributed by atoms with E-state index in [0.717, 1.165) is 12.0 Å². The van der Waals surface area contributed by atoms with E-state index in [1.54, 1.807) is 0 Å². The molecule has 1 aliphatic rings. The van der Waals surface area contributed by atoms with Crippen molar-refractivity contribution in [1.82, 2.24) is 0 Å². The van der Waals surface area contributed by atoms with Crippen LogP contribution in [0.1, 0.15) is 52.5 Å². The summed E-state index contributed by atoms with van der Waals surface area (Å²) in [6.07, 6.45) is 1.35. The zero-order chi connectivity index (χ0) is 21.2. The van der Waals surface area contributed by atoms with Gasteiger partial charge in [0.25, 0.3) is 0 Å². The Morgan fingerprint density at radius 3 is 2.38 bits per heavy atom. The zero-order valence-electron chi connectivity index (χ0n) is 18.0. The lowest BCUT2D eigenvalue weighted by Gasteiger charge is -2.43. The molecule has 2 rings (SSSR count). The molecule has 1 aromatic rings. The molecule has 0 amide bonds. The summed E-state index contributed by atoms with van der Waals surface area (Å²) in [6, 6.07) is 9.65. The van der Waals surface area contributed by atoms with Crippen LogP contribution in [0.4, 0.5) is 0 Å². The number of unbranched alkanes of at least 4 members (excludes halogenated alkanes) is 1. The second-order valence-electron chi connectivity index (χ2n) is 7.90. The quantitative estimate of drug-likeness (QED) is 0.430. The second-order valence-corrected chi connectivity index (χ2v) is 7.90. The molecule has 0 aromatic heterocycles. The highest BCUT2D eigenvalue weighted by molar-refractivity contribution is 5.69. The van der Waals surface area contributed by atoms with E-state index in [1.807, 2.05) is 30.3 Å². The van der Waals surface area contributed by atoms with Gasteiger partial charge in [-0.2, -0.15) is 0 Å². The molecule has 162 valence electrons. The molecular formula is C23H34O6. The van der Waals surface area contributed by atoms with Crippen LogP contribution in [0.2, 0.25) is 0 Å². The summed E-state index contributed by atoms with van der Waals surface area (Å²) >= 11 is 0. The Kier molecular flexibility index (Phi) is 9.61.